The average molecular weight is 424 g/mol. The van der Waals surface area contributed by atoms with Gasteiger partial charge in [0.1, 0.15) is 4.90 Å². The van der Waals surface area contributed by atoms with E-state index in [0.29, 0.717) is 18.7 Å². The van der Waals surface area contributed by atoms with Gasteiger partial charge >= 0.3 is 0 Å². The van der Waals surface area contributed by atoms with E-state index in [2.05, 4.69) is 5.32 Å². The van der Waals surface area contributed by atoms with E-state index in [0.717, 1.165) is 12.8 Å². The van der Waals surface area contributed by atoms with E-state index >= 15 is 0 Å². The molecule has 2 aromatic rings. The Morgan fingerprint density at radius 3 is 2.46 bits per heavy atom. The fraction of sp³-hybridized carbons (Fsp3) is 0.278. The van der Waals surface area contributed by atoms with E-state index in [1.165, 1.54) is 47.6 Å². The predicted molar refractivity (Wildman–Crippen MR) is 105 cm³/mol. The molecule has 3 rings (SSSR count). The second-order valence-electron chi connectivity index (χ2n) is 6.47. The Hall–Kier alpha value is -2.49. The minimum Gasteiger partial charge on any atom is -0.322 e. The zero-order valence-corrected chi connectivity index (χ0v) is 16.6. The number of nitro groups is 1. The molecule has 1 aliphatic rings. The third-order valence-corrected chi connectivity index (χ3v) is 6.91. The van der Waals surface area contributed by atoms with Crippen LogP contribution in [0.1, 0.15) is 28.8 Å². The Balaban J connectivity index is 1.86. The van der Waals surface area contributed by atoms with Gasteiger partial charge in [-0.15, -0.1) is 0 Å². The molecule has 2 aromatic carbocycles. The first-order valence-electron chi connectivity index (χ1n) is 8.56. The summed E-state index contributed by atoms with van der Waals surface area (Å²) in [6.07, 6.45) is 1.60. The van der Waals surface area contributed by atoms with Crippen LogP contribution < -0.4 is 5.32 Å². The third kappa shape index (κ3) is 4.01. The lowest BCUT2D eigenvalue weighted by atomic mass is 10.1. The van der Waals surface area contributed by atoms with Crippen LogP contribution in [0.3, 0.4) is 0 Å². The highest BCUT2D eigenvalue weighted by molar-refractivity contribution is 7.89. The lowest BCUT2D eigenvalue weighted by Crippen LogP contribution is -2.28. The third-order valence-electron chi connectivity index (χ3n) is 4.53. The fourth-order valence-corrected chi connectivity index (χ4v) is 5.07. The van der Waals surface area contributed by atoms with Crippen LogP contribution in [0.15, 0.2) is 41.3 Å². The van der Waals surface area contributed by atoms with E-state index in [1.807, 2.05) is 0 Å². The molecular formula is C18H18ClN3O5S. The van der Waals surface area contributed by atoms with Gasteiger partial charge in [-0.3, -0.25) is 14.9 Å². The summed E-state index contributed by atoms with van der Waals surface area (Å²) in [5.41, 5.74) is 0.762. The van der Waals surface area contributed by atoms with Crippen molar-refractivity contribution < 1.29 is 18.1 Å². The Kier molecular flexibility index (Phi) is 5.69. The van der Waals surface area contributed by atoms with Gasteiger partial charge in [0.25, 0.3) is 11.6 Å². The number of anilines is 1. The van der Waals surface area contributed by atoms with Crippen LogP contribution in [-0.4, -0.2) is 36.6 Å². The first-order valence-corrected chi connectivity index (χ1v) is 10.4. The number of nitrogens with one attached hydrogen (secondary N) is 1. The van der Waals surface area contributed by atoms with E-state index in [-0.39, 0.29) is 26.9 Å². The SMILES string of the molecule is Cc1cc(C(=O)Nc2ccc(Cl)c(S(=O)(=O)N3CCCC3)c2)ccc1[N+](=O)[O-]. The molecule has 0 unspecified atom stereocenters. The number of benzene rings is 2. The molecule has 1 fully saturated rings. The molecular weight excluding hydrogens is 406 g/mol. The van der Waals surface area contributed by atoms with E-state index in [4.69, 9.17) is 11.6 Å². The van der Waals surface area contributed by atoms with Crippen LogP contribution in [0, 0.1) is 17.0 Å². The number of carbonyl (C=O) groups is 1. The van der Waals surface area contributed by atoms with Crippen molar-refractivity contribution in [2.45, 2.75) is 24.7 Å². The van der Waals surface area contributed by atoms with Crippen molar-refractivity contribution in [3.8, 4) is 0 Å². The molecule has 1 N–H and O–H groups in total. The van der Waals surface area contributed by atoms with Crippen LogP contribution in [0.5, 0.6) is 0 Å². The molecule has 8 nitrogen and oxygen atoms in total. The molecule has 1 amide bonds. The summed E-state index contributed by atoms with van der Waals surface area (Å²) < 4.78 is 26.9. The molecule has 0 bridgehead atoms. The molecule has 0 aromatic heterocycles. The molecule has 0 spiro atoms. The largest absolute Gasteiger partial charge is 0.322 e. The van der Waals surface area contributed by atoms with Crippen molar-refractivity contribution in [1.82, 2.24) is 4.31 Å². The maximum absolute atomic E-state index is 12.8. The highest BCUT2D eigenvalue weighted by Crippen LogP contribution is 2.30. The number of rotatable bonds is 5. The van der Waals surface area contributed by atoms with E-state index in [9.17, 15) is 23.3 Å². The Morgan fingerprint density at radius 1 is 1.18 bits per heavy atom. The first kappa shape index (κ1) is 20.2. The summed E-state index contributed by atoms with van der Waals surface area (Å²) in [6.45, 7) is 2.42. The molecule has 0 radical (unpaired) electrons. The molecule has 10 heteroatoms. The van der Waals surface area contributed by atoms with Crippen molar-refractivity contribution in [2.24, 2.45) is 0 Å². The van der Waals surface area contributed by atoms with E-state index < -0.39 is 20.9 Å². The zero-order valence-electron chi connectivity index (χ0n) is 15.0. The van der Waals surface area contributed by atoms with Crippen molar-refractivity contribution in [1.29, 1.82) is 0 Å². The summed E-state index contributed by atoms with van der Waals surface area (Å²) in [6, 6.07) is 8.26. The van der Waals surface area contributed by atoms with Crippen LogP contribution in [0.4, 0.5) is 11.4 Å². The van der Waals surface area contributed by atoms with Crippen molar-refractivity contribution >= 4 is 38.9 Å². The average Bonchev–Trinajstić information content (AvgIpc) is 3.18. The van der Waals surface area contributed by atoms with Gasteiger partial charge in [-0.2, -0.15) is 4.31 Å². The van der Waals surface area contributed by atoms with Crippen molar-refractivity contribution in [3.63, 3.8) is 0 Å². The molecule has 1 saturated heterocycles. The number of sulfonamides is 1. The van der Waals surface area contributed by atoms with Gasteiger partial charge < -0.3 is 5.32 Å². The maximum Gasteiger partial charge on any atom is 0.272 e. The van der Waals surface area contributed by atoms with Gasteiger partial charge in [0.05, 0.1) is 9.95 Å². The van der Waals surface area contributed by atoms with Crippen LogP contribution in [-0.2, 0) is 10.0 Å². The minimum atomic E-state index is -3.74. The quantitative estimate of drug-likeness (QED) is 0.583. The zero-order chi connectivity index (χ0) is 20.5. The molecule has 0 atom stereocenters. The molecule has 0 saturated carbocycles. The number of nitro benzene ring substituents is 1. The van der Waals surface area contributed by atoms with Gasteiger partial charge in [-0.1, -0.05) is 11.6 Å². The smallest absolute Gasteiger partial charge is 0.272 e. The van der Waals surface area contributed by atoms with Gasteiger partial charge in [0.15, 0.2) is 0 Å². The Morgan fingerprint density at radius 2 is 1.86 bits per heavy atom. The summed E-state index contributed by atoms with van der Waals surface area (Å²) in [7, 11) is -3.74. The normalized spacial score (nSPS) is 14.8. The topological polar surface area (TPSA) is 110 Å². The van der Waals surface area contributed by atoms with Crippen molar-refractivity contribution in [3.05, 3.63) is 62.7 Å². The fourth-order valence-electron chi connectivity index (χ4n) is 3.05. The molecule has 28 heavy (non-hydrogen) atoms. The Labute approximate surface area is 167 Å². The number of hydrogen-bond acceptors (Lipinski definition) is 5. The summed E-state index contributed by atoms with van der Waals surface area (Å²) >= 11 is 6.10. The number of amides is 1. The highest BCUT2D eigenvalue weighted by atomic mass is 35.5. The number of aryl methyl sites for hydroxylation is 1. The monoisotopic (exact) mass is 423 g/mol. The summed E-state index contributed by atoms with van der Waals surface area (Å²) in [5.74, 6) is -0.509. The lowest BCUT2D eigenvalue weighted by Gasteiger charge is -2.17. The standard InChI is InChI=1S/C18H18ClN3O5S/c1-12-10-13(4-7-16(12)22(24)25)18(23)20-14-5-6-15(19)17(11-14)28(26,27)21-8-2-3-9-21/h4-7,10-11H,2-3,8-9H2,1H3,(H,20,23). The summed E-state index contributed by atoms with van der Waals surface area (Å²) in [4.78, 5) is 22.8. The van der Waals surface area contributed by atoms with Crippen LogP contribution in [0.25, 0.3) is 0 Å². The maximum atomic E-state index is 12.8. The minimum absolute atomic E-state index is 0.0613. The van der Waals surface area contributed by atoms with E-state index in [1.54, 1.807) is 0 Å². The molecule has 1 heterocycles. The molecule has 148 valence electrons. The van der Waals surface area contributed by atoms with Crippen LogP contribution in [0.2, 0.25) is 5.02 Å². The first-order chi connectivity index (χ1) is 13.2. The summed E-state index contributed by atoms with van der Waals surface area (Å²) in [5, 5.41) is 13.6. The number of carbonyl (C=O) groups excluding carboxylic acids is 1. The van der Waals surface area contributed by atoms with Crippen molar-refractivity contribution in [2.75, 3.05) is 18.4 Å². The highest BCUT2D eigenvalue weighted by Gasteiger charge is 2.29. The number of nitrogens with zero attached hydrogens (tertiary/aromatic N) is 2. The number of hydrogen-bond donors (Lipinski definition) is 1. The number of halogens is 1. The van der Waals surface area contributed by atoms with Gasteiger partial charge in [0, 0.05) is 36.0 Å². The van der Waals surface area contributed by atoms with Gasteiger partial charge in [-0.05, 0) is 50.1 Å². The lowest BCUT2D eigenvalue weighted by molar-refractivity contribution is -0.385. The predicted octanol–water partition coefficient (Wildman–Crippen LogP) is 3.59. The Bertz CT molecular complexity index is 1050. The second kappa shape index (κ2) is 7.86. The van der Waals surface area contributed by atoms with Gasteiger partial charge in [-0.25, -0.2) is 8.42 Å². The van der Waals surface area contributed by atoms with Crippen LogP contribution >= 0.6 is 11.6 Å². The molecule has 0 aliphatic carbocycles. The second-order valence-corrected chi connectivity index (χ2v) is 8.78. The van der Waals surface area contributed by atoms with Gasteiger partial charge in [0.2, 0.25) is 10.0 Å². The molecule has 1 aliphatic heterocycles.